The molecule has 7 heteroatoms. The number of rotatable bonds is 5. The zero-order valence-corrected chi connectivity index (χ0v) is 13.7. The maximum atomic E-state index is 12.6. The van der Waals surface area contributed by atoms with Crippen LogP contribution in [0.5, 0.6) is 0 Å². The SMILES string of the molecule is CC(=O)Nc1ccc(S(=O)(=O)[C@H](C)CN2CCOCC2)cc1. The van der Waals surface area contributed by atoms with Crippen LogP contribution in [0.3, 0.4) is 0 Å². The monoisotopic (exact) mass is 326 g/mol. The Morgan fingerprint density at radius 1 is 1.27 bits per heavy atom. The van der Waals surface area contributed by atoms with Crippen LogP contribution in [-0.4, -0.2) is 57.3 Å². The largest absolute Gasteiger partial charge is 0.379 e. The molecule has 1 fully saturated rings. The lowest BCUT2D eigenvalue weighted by atomic mass is 10.3. The Kier molecular flexibility index (Phi) is 5.55. The van der Waals surface area contributed by atoms with Crippen LogP contribution < -0.4 is 5.32 Å². The van der Waals surface area contributed by atoms with Crippen LogP contribution in [0, 0.1) is 0 Å². The molecule has 1 amide bonds. The summed E-state index contributed by atoms with van der Waals surface area (Å²) >= 11 is 0. The number of carbonyl (C=O) groups excluding carboxylic acids is 1. The number of anilines is 1. The second kappa shape index (κ2) is 7.21. The number of carbonyl (C=O) groups is 1. The third-order valence-electron chi connectivity index (χ3n) is 3.65. The lowest BCUT2D eigenvalue weighted by molar-refractivity contribution is -0.114. The van der Waals surface area contributed by atoms with Crippen molar-refractivity contribution in [1.82, 2.24) is 4.90 Å². The van der Waals surface area contributed by atoms with Gasteiger partial charge in [0, 0.05) is 32.2 Å². The third-order valence-corrected chi connectivity index (χ3v) is 5.79. The smallest absolute Gasteiger partial charge is 0.221 e. The zero-order chi connectivity index (χ0) is 16.2. The predicted molar refractivity (Wildman–Crippen MR) is 84.7 cm³/mol. The number of nitrogens with one attached hydrogen (secondary N) is 1. The maximum absolute atomic E-state index is 12.6. The molecule has 1 heterocycles. The van der Waals surface area contributed by atoms with E-state index in [9.17, 15) is 13.2 Å². The van der Waals surface area contributed by atoms with E-state index in [-0.39, 0.29) is 10.8 Å². The number of hydrogen-bond donors (Lipinski definition) is 1. The van der Waals surface area contributed by atoms with Gasteiger partial charge in [-0.2, -0.15) is 0 Å². The molecule has 2 rings (SSSR count). The Balaban J connectivity index is 2.06. The number of sulfone groups is 1. The van der Waals surface area contributed by atoms with Crippen molar-refractivity contribution in [3.05, 3.63) is 24.3 Å². The first kappa shape index (κ1) is 16.9. The molecule has 6 nitrogen and oxygen atoms in total. The van der Waals surface area contributed by atoms with Gasteiger partial charge in [-0.25, -0.2) is 8.42 Å². The molecule has 0 saturated carbocycles. The molecule has 0 unspecified atom stereocenters. The molecular weight excluding hydrogens is 304 g/mol. The first-order valence-electron chi connectivity index (χ1n) is 7.31. The second-order valence-electron chi connectivity index (χ2n) is 5.47. The van der Waals surface area contributed by atoms with Gasteiger partial charge in [0.15, 0.2) is 9.84 Å². The number of ether oxygens (including phenoxy) is 1. The van der Waals surface area contributed by atoms with Gasteiger partial charge in [0.05, 0.1) is 23.4 Å². The highest BCUT2D eigenvalue weighted by atomic mass is 32.2. The summed E-state index contributed by atoms with van der Waals surface area (Å²) in [6.07, 6.45) is 0. The maximum Gasteiger partial charge on any atom is 0.221 e. The summed E-state index contributed by atoms with van der Waals surface area (Å²) in [5.74, 6) is -0.184. The lowest BCUT2D eigenvalue weighted by Gasteiger charge is -2.29. The van der Waals surface area contributed by atoms with E-state index < -0.39 is 15.1 Å². The average Bonchev–Trinajstić information content (AvgIpc) is 2.48. The highest BCUT2D eigenvalue weighted by molar-refractivity contribution is 7.92. The van der Waals surface area contributed by atoms with Crippen LogP contribution in [0.15, 0.2) is 29.2 Å². The first-order chi connectivity index (χ1) is 10.4. The number of amides is 1. The molecule has 1 saturated heterocycles. The van der Waals surface area contributed by atoms with Crippen molar-refractivity contribution in [2.45, 2.75) is 24.0 Å². The summed E-state index contributed by atoms with van der Waals surface area (Å²) in [5.41, 5.74) is 0.590. The van der Waals surface area contributed by atoms with E-state index in [0.29, 0.717) is 25.4 Å². The van der Waals surface area contributed by atoms with E-state index in [4.69, 9.17) is 4.74 Å². The van der Waals surface area contributed by atoms with E-state index in [1.165, 1.54) is 19.1 Å². The Labute approximate surface area is 131 Å². The van der Waals surface area contributed by atoms with Gasteiger partial charge >= 0.3 is 0 Å². The van der Waals surface area contributed by atoms with E-state index in [1.807, 2.05) is 0 Å². The topological polar surface area (TPSA) is 75.7 Å². The van der Waals surface area contributed by atoms with E-state index in [2.05, 4.69) is 10.2 Å². The summed E-state index contributed by atoms with van der Waals surface area (Å²) in [6, 6.07) is 6.29. The van der Waals surface area contributed by atoms with Crippen LogP contribution in [-0.2, 0) is 19.4 Å². The van der Waals surface area contributed by atoms with Crippen molar-refractivity contribution in [1.29, 1.82) is 0 Å². The van der Waals surface area contributed by atoms with Crippen LogP contribution in [0.1, 0.15) is 13.8 Å². The second-order valence-corrected chi connectivity index (χ2v) is 7.84. The average molecular weight is 326 g/mol. The number of morpholine rings is 1. The molecular formula is C15H22N2O4S. The van der Waals surface area contributed by atoms with Crippen molar-refractivity contribution < 1.29 is 17.9 Å². The minimum absolute atomic E-state index is 0.184. The molecule has 0 aliphatic carbocycles. The Morgan fingerprint density at radius 3 is 2.41 bits per heavy atom. The van der Waals surface area contributed by atoms with E-state index in [1.54, 1.807) is 19.1 Å². The molecule has 1 aliphatic rings. The van der Waals surface area contributed by atoms with Gasteiger partial charge in [0.2, 0.25) is 5.91 Å². The normalized spacial score (nSPS) is 17.9. The molecule has 22 heavy (non-hydrogen) atoms. The molecule has 0 spiro atoms. The minimum atomic E-state index is -3.38. The highest BCUT2D eigenvalue weighted by Gasteiger charge is 2.26. The van der Waals surface area contributed by atoms with E-state index >= 15 is 0 Å². The summed E-state index contributed by atoms with van der Waals surface area (Å²) in [5, 5.41) is 2.13. The fourth-order valence-electron chi connectivity index (χ4n) is 2.41. The van der Waals surface area contributed by atoms with Gasteiger partial charge in [0.25, 0.3) is 0 Å². The van der Waals surface area contributed by atoms with Crippen molar-refractivity contribution in [3.63, 3.8) is 0 Å². The van der Waals surface area contributed by atoms with Crippen LogP contribution in [0.4, 0.5) is 5.69 Å². The zero-order valence-electron chi connectivity index (χ0n) is 12.9. The van der Waals surface area contributed by atoms with Crippen molar-refractivity contribution in [2.24, 2.45) is 0 Å². The predicted octanol–water partition coefficient (Wildman–Crippen LogP) is 1.14. The summed E-state index contributed by atoms with van der Waals surface area (Å²) in [7, 11) is -3.38. The Hall–Kier alpha value is -1.44. The van der Waals surface area contributed by atoms with Crippen LogP contribution in [0.25, 0.3) is 0 Å². The number of nitrogens with zero attached hydrogens (tertiary/aromatic N) is 1. The van der Waals surface area contributed by atoms with Crippen LogP contribution >= 0.6 is 0 Å². The molecule has 122 valence electrons. The first-order valence-corrected chi connectivity index (χ1v) is 8.86. The van der Waals surface area contributed by atoms with Gasteiger partial charge < -0.3 is 10.1 Å². The fourth-order valence-corrected chi connectivity index (χ4v) is 3.80. The highest BCUT2D eigenvalue weighted by Crippen LogP contribution is 2.19. The van der Waals surface area contributed by atoms with Crippen molar-refractivity contribution in [2.75, 3.05) is 38.2 Å². The summed E-state index contributed by atoms with van der Waals surface area (Å²) < 4.78 is 30.5. The number of hydrogen-bond acceptors (Lipinski definition) is 5. The quantitative estimate of drug-likeness (QED) is 0.878. The van der Waals surface area contributed by atoms with Gasteiger partial charge in [-0.1, -0.05) is 0 Å². The van der Waals surface area contributed by atoms with Crippen molar-refractivity contribution in [3.8, 4) is 0 Å². The Bertz CT molecular complexity index is 607. The third kappa shape index (κ3) is 4.28. The van der Waals surface area contributed by atoms with Gasteiger partial charge in [0.1, 0.15) is 0 Å². The molecule has 1 atom stereocenters. The molecule has 1 N–H and O–H groups in total. The Morgan fingerprint density at radius 2 is 1.86 bits per heavy atom. The fraction of sp³-hybridized carbons (Fsp3) is 0.533. The number of benzene rings is 1. The molecule has 1 aromatic carbocycles. The summed E-state index contributed by atoms with van der Waals surface area (Å²) in [4.78, 5) is 13.4. The van der Waals surface area contributed by atoms with Crippen LogP contribution in [0.2, 0.25) is 0 Å². The standard InChI is InChI=1S/C15H22N2O4S/c1-12(11-17-7-9-21-10-8-17)22(19,20)15-5-3-14(4-6-15)16-13(2)18/h3-6,12H,7-11H2,1-2H3,(H,16,18)/t12-/m1/s1. The van der Waals surface area contributed by atoms with Gasteiger partial charge in [-0.15, -0.1) is 0 Å². The molecule has 1 aliphatic heterocycles. The van der Waals surface area contributed by atoms with Crippen molar-refractivity contribution >= 4 is 21.4 Å². The lowest BCUT2D eigenvalue weighted by Crippen LogP contribution is -2.42. The van der Waals surface area contributed by atoms with E-state index in [0.717, 1.165) is 13.1 Å². The molecule has 1 aromatic rings. The molecule has 0 bridgehead atoms. The molecule has 0 aromatic heterocycles. The minimum Gasteiger partial charge on any atom is -0.379 e. The molecule has 0 radical (unpaired) electrons. The van der Waals surface area contributed by atoms with Gasteiger partial charge in [-0.3, -0.25) is 9.69 Å². The summed E-state index contributed by atoms with van der Waals surface area (Å²) in [6.45, 7) is 6.47. The van der Waals surface area contributed by atoms with Gasteiger partial charge in [-0.05, 0) is 31.2 Å².